The van der Waals surface area contributed by atoms with Crippen LogP contribution in [0.5, 0.6) is 0 Å². The third-order valence-electron chi connectivity index (χ3n) is 4.82. The van der Waals surface area contributed by atoms with Crippen LogP contribution in [0.2, 0.25) is 0 Å². The Morgan fingerprint density at radius 2 is 2.17 bits per heavy atom. The highest BCUT2D eigenvalue weighted by Gasteiger charge is 2.37. The molecule has 1 aromatic carbocycles. The third-order valence-corrected chi connectivity index (χ3v) is 4.82. The first-order valence-electron chi connectivity index (χ1n) is 8.23. The van der Waals surface area contributed by atoms with E-state index >= 15 is 0 Å². The third kappa shape index (κ3) is 2.91. The van der Waals surface area contributed by atoms with Gasteiger partial charge in [0.15, 0.2) is 0 Å². The summed E-state index contributed by atoms with van der Waals surface area (Å²) in [6.45, 7) is 1.84. The predicted octanol–water partition coefficient (Wildman–Crippen LogP) is 1.72. The van der Waals surface area contributed by atoms with Crippen LogP contribution >= 0.6 is 0 Å². The minimum absolute atomic E-state index is 0.0415. The molecular formula is C17H19FN4O2. The van der Waals surface area contributed by atoms with Crippen molar-refractivity contribution < 1.29 is 13.9 Å². The number of fused-ring (bicyclic) bond motifs is 3. The van der Waals surface area contributed by atoms with E-state index in [2.05, 4.69) is 10.3 Å². The lowest BCUT2D eigenvalue weighted by molar-refractivity contribution is -0.138. The second-order valence-corrected chi connectivity index (χ2v) is 6.34. The zero-order valence-electron chi connectivity index (χ0n) is 13.3. The number of rotatable bonds is 3. The number of likely N-dealkylation sites (tertiary alicyclic amines) is 1. The Hall–Kier alpha value is -2.28. The van der Waals surface area contributed by atoms with Crippen LogP contribution < -0.4 is 0 Å². The summed E-state index contributed by atoms with van der Waals surface area (Å²) < 4.78 is 20.7. The summed E-state index contributed by atoms with van der Waals surface area (Å²) in [5.41, 5.74) is 1.93. The molecule has 4 rings (SSSR count). The Bertz CT molecular complexity index is 730. The molecule has 0 bridgehead atoms. The molecule has 0 aliphatic carbocycles. The first kappa shape index (κ1) is 15.3. The molecule has 0 N–H and O–H groups in total. The van der Waals surface area contributed by atoms with Crippen molar-refractivity contribution in [1.82, 2.24) is 19.9 Å². The topological polar surface area (TPSA) is 60.3 Å². The van der Waals surface area contributed by atoms with Gasteiger partial charge in [-0.05, 0) is 30.5 Å². The number of carbonyl (C=O) groups excluding carboxylic acids is 1. The number of aryl methyl sites for hydroxylation is 1. The Kier molecular flexibility index (Phi) is 4.02. The quantitative estimate of drug-likeness (QED) is 0.860. The largest absolute Gasteiger partial charge is 0.370 e. The summed E-state index contributed by atoms with van der Waals surface area (Å²) in [4.78, 5) is 14.4. The number of aromatic nitrogens is 3. The zero-order valence-corrected chi connectivity index (χ0v) is 13.3. The molecule has 1 aromatic heterocycles. The zero-order chi connectivity index (χ0) is 16.5. The van der Waals surface area contributed by atoms with E-state index in [1.165, 1.54) is 12.1 Å². The van der Waals surface area contributed by atoms with Crippen LogP contribution in [-0.4, -0.2) is 45.0 Å². The number of hydrogen-bond donors (Lipinski definition) is 0. The summed E-state index contributed by atoms with van der Waals surface area (Å²) in [5.74, 6) is -0.141. The molecule has 0 radical (unpaired) electrons. The lowest BCUT2D eigenvalue weighted by atomic mass is 9.99. The van der Waals surface area contributed by atoms with Gasteiger partial charge >= 0.3 is 0 Å². The summed E-state index contributed by atoms with van der Waals surface area (Å²) >= 11 is 0. The SMILES string of the molecule is O=C(CCc1ccc(F)cc1)N1CC[C@@H]2OCc3cnnn3[C@@H]2C1. The van der Waals surface area contributed by atoms with Gasteiger partial charge < -0.3 is 9.64 Å². The minimum Gasteiger partial charge on any atom is -0.370 e. The van der Waals surface area contributed by atoms with Crippen molar-refractivity contribution in [1.29, 1.82) is 0 Å². The van der Waals surface area contributed by atoms with E-state index < -0.39 is 0 Å². The molecule has 0 saturated carbocycles. The van der Waals surface area contributed by atoms with Crippen LogP contribution in [-0.2, 0) is 22.6 Å². The van der Waals surface area contributed by atoms with Crippen LogP contribution in [0.4, 0.5) is 4.39 Å². The molecule has 0 unspecified atom stereocenters. The van der Waals surface area contributed by atoms with Crippen molar-refractivity contribution in [2.24, 2.45) is 0 Å². The van der Waals surface area contributed by atoms with E-state index in [4.69, 9.17) is 4.74 Å². The second kappa shape index (κ2) is 6.32. The van der Waals surface area contributed by atoms with Gasteiger partial charge in [-0.2, -0.15) is 0 Å². The first-order chi connectivity index (χ1) is 11.7. The highest BCUT2D eigenvalue weighted by Crippen LogP contribution is 2.30. The van der Waals surface area contributed by atoms with Crippen molar-refractivity contribution in [3.8, 4) is 0 Å². The van der Waals surface area contributed by atoms with Crippen LogP contribution in [0, 0.1) is 5.82 Å². The number of piperidine rings is 1. The fourth-order valence-corrected chi connectivity index (χ4v) is 3.47. The summed E-state index contributed by atoms with van der Waals surface area (Å²) in [6, 6.07) is 6.35. The standard InChI is InChI=1S/C17H19FN4O2/c18-13-4-1-12(2-5-13)3-6-17(23)21-8-7-16-15(10-21)22-14(11-24-16)9-19-20-22/h1-2,4-5,9,15-16H,3,6-8,10-11H2/t15-,16+/m1/s1. The summed E-state index contributed by atoms with van der Waals surface area (Å²) in [6.07, 6.45) is 3.67. The molecular weight excluding hydrogens is 311 g/mol. The van der Waals surface area contributed by atoms with Crippen molar-refractivity contribution in [2.75, 3.05) is 13.1 Å². The van der Waals surface area contributed by atoms with Crippen LogP contribution in [0.15, 0.2) is 30.5 Å². The number of carbonyl (C=O) groups is 1. The number of amides is 1. The maximum absolute atomic E-state index is 12.9. The van der Waals surface area contributed by atoms with E-state index in [9.17, 15) is 9.18 Å². The van der Waals surface area contributed by atoms with E-state index in [1.54, 1.807) is 18.3 Å². The minimum atomic E-state index is -0.256. The highest BCUT2D eigenvalue weighted by atomic mass is 19.1. The van der Waals surface area contributed by atoms with Crippen molar-refractivity contribution in [3.05, 3.63) is 47.5 Å². The van der Waals surface area contributed by atoms with Gasteiger partial charge in [-0.25, -0.2) is 9.07 Å². The van der Waals surface area contributed by atoms with E-state index in [0.29, 0.717) is 32.5 Å². The molecule has 2 aliphatic rings. The first-order valence-corrected chi connectivity index (χ1v) is 8.23. The number of nitrogens with zero attached hydrogens (tertiary/aromatic N) is 4. The van der Waals surface area contributed by atoms with Gasteiger partial charge in [-0.15, -0.1) is 5.10 Å². The smallest absolute Gasteiger partial charge is 0.222 e. The van der Waals surface area contributed by atoms with E-state index in [-0.39, 0.29) is 23.9 Å². The van der Waals surface area contributed by atoms with Crippen molar-refractivity contribution in [2.45, 2.75) is 38.0 Å². The fourth-order valence-electron chi connectivity index (χ4n) is 3.47. The van der Waals surface area contributed by atoms with Gasteiger partial charge in [0.25, 0.3) is 0 Å². The number of ether oxygens (including phenoxy) is 1. The van der Waals surface area contributed by atoms with Gasteiger partial charge in [-0.1, -0.05) is 17.3 Å². The Morgan fingerprint density at radius 3 is 3.00 bits per heavy atom. The van der Waals surface area contributed by atoms with Crippen LogP contribution in [0.3, 0.4) is 0 Å². The van der Waals surface area contributed by atoms with Gasteiger partial charge in [0, 0.05) is 19.5 Å². The molecule has 2 aliphatic heterocycles. The van der Waals surface area contributed by atoms with Gasteiger partial charge in [0.2, 0.25) is 5.91 Å². The Labute approximate surface area is 139 Å². The molecule has 2 aromatic rings. The average Bonchev–Trinajstić information content (AvgIpc) is 3.09. The molecule has 1 saturated heterocycles. The predicted molar refractivity (Wildman–Crippen MR) is 83.6 cm³/mol. The maximum Gasteiger partial charge on any atom is 0.222 e. The van der Waals surface area contributed by atoms with Crippen LogP contribution in [0.25, 0.3) is 0 Å². The molecule has 1 fully saturated rings. The normalized spacial score (nSPS) is 22.8. The lowest BCUT2D eigenvalue weighted by Gasteiger charge is -2.41. The molecule has 24 heavy (non-hydrogen) atoms. The maximum atomic E-state index is 12.9. The van der Waals surface area contributed by atoms with Crippen molar-refractivity contribution in [3.63, 3.8) is 0 Å². The monoisotopic (exact) mass is 330 g/mol. The van der Waals surface area contributed by atoms with Gasteiger partial charge in [-0.3, -0.25) is 4.79 Å². The van der Waals surface area contributed by atoms with Crippen molar-refractivity contribution >= 4 is 5.91 Å². The molecule has 126 valence electrons. The number of hydrogen-bond acceptors (Lipinski definition) is 4. The molecule has 7 heteroatoms. The van der Waals surface area contributed by atoms with Crippen LogP contribution in [0.1, 0.15) is 30.1 Å². The molecule has 2 atom stereocenters. The highest BCUT2D eigenvalue weighted by molar-refractivity contribution is 5.76. The fraction of sp³-hybridized carbons (Fsp3) is 0.471. The Morgan fingerprint density at radius 1 is 1.33 bits per heavy atom. The number of halogens is 1. The number of benzene rings is 1. The molecule has 3 heterocycles. The molecule has 6 nitrogen and oxygen atoms in total. The second-order valence-electron chi connectivity index (χ2n) is 6.34. The van der Waals surface area contributed by atoms with Gasteiger partial charge in [0.05, 0.1) is 30.6 Å². The lowest BCUT2D eigenvalue weighted by Crippen LogP contribution is -2.49. The van der Waals surface area contributed by atoms with E-state index in [0.717, 1.165) is 17.7 Å². The summed E-state index contributed by atoms with van der Waals surface area (Å²) in [5, 5.41) is 8.10. The summed E-state index contributed by atoms with van der Waals surface area (Å²) in [7, 11) is 0. The molecule has 0 spiro atoms. The molecule has 1 amide bonds. The van der Waals surface area contributed by atoms with E-state index in [1.807, 2.05) is 9.58 Å². The average molecular weight is 330 g/mol. The van der Waals surface area contributed by atoms with Gasteiger partial charge in [0.1, 0.15) is 5.82 Å². The Balaban J connectivity index is 1.39.